The topological polar surface area (TPSA) is 58.2 Å². The largest absolute Gasteiger partial charge is 0.350 e. The Balaban J connectivity index is 2.08. The van der Waals surface area contributed by atoms with Crippen molar-refractivity contribution in [3.63, 3.8) is 0 Å². The molecular weight excluding hydrogens is 312 g/mol. The SMILES string of the molecule is CCC(C)NC(=O)c1cccc(NC(=O)c2ccc(C(C)C)cc2)c1. The van der Waals surface area contributed by atoms with Gasteiger partial charge in [0.15, 0.2) is 0 Å². The number of hydrogen-bond donors (Lipinski definition) is 2. The van der Waals surface area contributed by atoms with Crippen LogP contribution in [0.15, 0.2) is 48.5 Å². The number of anilines is 1. The standard InChI is InChI=1S/C21H26N2O2/c1-5-15(4)22-21(25)18-7-6-8-19(13-18)23-20(24)17-11-9-16(10-12-17)14(2)3/h6-15H,5H2,1-4H3,(H,22,25)(H,23,24). The first-order chi connectivity index (χ1) is 11.9. The van der Waals surface area contributed by atoms with Crippen LogP contribution in [0.1, 0.15) is 66.3 Å². The third-order valence-electron chi connectivity index (χ3n) is 4.21. The smallest absolute Gasteiger partial charge is 0.255 e. The van der Waals surface area contributed by atoms with Gasteiger partial charge >= 0.3 is 0 Å². The van der Waals surface area contributed by atoms with Crippen molar-refractivity contribution < 1.29 is 9.59 Å². The minimum Gasteiger partial charge on any atom is -0.350 e. The van der Waals surface area contributed by atoms with Gasteiger partial charge in [0.25, 0.3) is 11.8 Å². The van der Waals surface area contributed by atoms with Crippen molar-refractivity contribution in [2.24, 2.45) is 0 Å². The summed E-state index contributed by atoms with van der Waals surface area (Å²) in [6, 6.07) is 14.7. The molecule has 0 radical (unpaired) electrons. The van der Waals surface area contributed by atoms with E-state index < -0.39 is 0 Å². The maximum absolute atomic E-state index is 12.4. The molecule has 0 fully saturated rings. The van der Waals surface area contributed by atoms with Crippen LogP contribution < -0.4 is 10.6 Å². The van der Waals surface area contributed by atoms with E-state index in [2.05, 4.69) is 24.5 Å². The quantitative estimate of drug-likeness (QED) is 0.809. The van der Waals surface area contributed by atoms with Crippen molar-refractivity contribution >= 4 is 17.5 Å². The predicted molar refractivity (Wildman–Crippen MR) is 102 cm³/mol. The Kier molecular flexibility index (Phi) is 6.34. The van der Waals surface area contributed by atoms with Crippen LogP contribution in [0.3, 0.4) is 0 Å². The van der Waals surface area contributed by atoms with Crippen molar-refractivity contribution in [1.29, 1.82) is 0 Å². The fraction of sp³-hybridized carbons (Fsp3) is 0.333. The van der Waals surface area contributed by atoms with Crippen LogP contribution in [0.2, 0.25) is 0 Å². The second kappa shape index (κ2) is 8.47. The lowest BCUT2D eigenvalue weighted by atomic mass is 10.0. The Morgan fingerprint density at radius 3 is 2.20 bits per heavy atom. The lowest BCUT2D eigenvalue weighted by Crippen LogP contribution is -2.31. The third-order valence-corrected chi connectivity index (χ3v) is 4.21. The summed E-state index contributed by atoms with van der Waals surface area (Å²) >= 11 is 0. The average molecular weight is 338 g/mol. The highest BCUT2D eigenvalue weighted by Gasteiger charge is 2.11. The molecule has 0 saturated carbocycles. The van der Waals surface area contributed by atoms with Crippen LogP contribution in [0.5, 0.6) is 0 Å². The Morgan fingerprint density at radius 1 is 0.920 bits per heavy atom. The van der Waals surface area contributed by atoms with Crippen LogP contribution in [0, 0.1) is 0 Å². The van der Waals surface area contributed by atoms with Gasteiger partial charge in [-0.15, -0.1) is 0 Å². The van der Waals surface area contributed by atoms with Crippen LogP contribution in [0.4, 0.5) is 5.69 Å². The molecule has 0 heterocycles. The molecule has 0 spiro atoms. The minimum atomic E-state index is -0.185. The summed E-state index contributed by atoms with van der Waals surface area (Å²) in [5.74, 6) is 0.111. The summed E-state index contributed by atoms with van der Waals surface area (Å²) in [6.45, 7) is 8.21. The van der Waals surface area contributed by atoms with Gasteiger partial charge in [-0.05, 0) is 55.2 Å². The molecule has 132 valence electrons. The molecule has 0 aliphatic rings. The first kappa shape index (κ1) is 18.7. The Morgan fingerprint density at radius 2 is 1.60 bits per heavy atom. The maximum atomic E-state index is 12.4. The van der Waals surface area contributed by atoms with Crippen molar-refractivity contribution in [3.05, 3.63) is 65.2 Å². The van der Waals surface area contributed by atoms with Gasteiger partial charge in [-0.2, -0.15) is 0 Å². The normalized spacial score (nSPS) is 11.9. The second-order valence-corrected chi connectivity index (χ2v) is 6.59. The number of carbonyl (C=O) groups is 2. The summed E-state index contributed by atoms with van der Waals surface area (Å²) in [4.78, 5) is 24.6. The van der Waals surface area contributed by atoms with E-state index in [1.54, 1.807) is 24.3 Å². The molecule has 2 N–H and O–H groups in total. The number of amides is 2. The first-order valence-electron chi connectivity index (χ1n) is 8.73. The molecule has 0 aromatic heterocycles. The highest BCUT2D eigenvalue weighted by atomic mass is 16.2. The van der Waals surface area contributed by atoms with E-state index in [-0.39, 0.29) is 17.9 Å². The number of carbonyl (C=O) groups excluding carboxylic acids is 2. The summed E-state index contributed by atoms with van der Waals surface area (Å²) in [6.07, 6.45) is 0.870. The number of rotatable bonds is 6. The number of benzene rings is 2. The third kappa shape index (κ3) is 5.18. The zero-order chi connectivity index (χ0) is 18.4. The molecule has 2 rings (SSSR count). The summed E-state index contributed by atoms with van der Waals surface area (Å²) in [5, 5.41) is 5.77. The van der Waals surface area contributed by atoms with E-state index in [9.17, 15) is 9.59 Å². The number of nitrogens with one attached hydrogen (secondary N) is 2. The molecule has 2 aromatic rings. The number of hydrogen-bond acceptors (Lipinski definition) is 2. The summed E-state index contributed by atoms with van der Waals surface area (Å²) in [7, 11) is 0. The average Bonchev–Trinajstić information content (AvgIpc) is 2.61. The molecule has 0 saturated heterocycles. The van der Waals surface area contributed by atoms with Crippen LogP contribution in [0.25, 0.3) is 0 Å². The lowest BCUT2D eigenvalue weighted by Gasteiger charge is -2.12. The molecule has 1 atom stereocenters. The fourth-order valence-electron chi connectivity index (χ4n) is 2.37. The Labute approximate surface area is 149 Å². The van der Waals surface area contributed by atoms with E-state index in [4.69, 9.17) is 0 Å². The van der Waals surface area contributed by atoms with Crippen molar-refractivity contribution in [2.45, 2.75) is 46.1 Å². The van der Waals surface area contributed by atoms with Gasteiger partial charge in [-0.25, -0.2) is 0 Å². The molecule has 2 amide bonds. The zero-order valence-electron chi connectivity index (χ0n) is 15.3. The van der Waals surface area contributed by atoms with Gasteiger partial charge in [0.05, 0.1) is 0 Å². The highest BCUT2D eigenvalue weighted by Crippen LogP contribution is 2.16. The summed E-state index contributed by atoms with van der Waals surface area (Å²) < 4.78 is 0. The van der Waals surface area contributed by atoms with E-state index >= 15 is 0 Å². The van der Waals surface area contributed by atoms with Gasteiger partial charge in [0.1, 0.15) is 0 Å². The fourth-order valence-corrected chi connectivity index (χ4v) is 2.37. The van der Waals surface area contributed by atoms with E-state index in [1.807, 2.05) is 38.1 Å². The van der Waals surface area contributed by atoms with Crippen molar-refractivity contribution in [2.75, 3.05) is 5.32 Å². The van der Waals surface area contributed by atoms with E-state index in [0.29, 0.717) is 22.7 Å². The monoisotopic (exact) mass is 338 g/mol. The molecular formula is C21H26N2O2. The first-order valence-corrected chi connectivity index (χ1v) is 8.73. The molecule has 25 heavy (non-hydrogen) atoms. The van der Waals surface area contributed by atoms with Gasteiger partial charge in [0, 0.05) is 22.9 Å². The highest BCUT2D eigenvalue weighted by molar-refractivity contribution is 6.05. The molecule has 4 heteroatoms. The molecule has 4 nitrogen and oxygen atoms in total. The van der Waals surface area contributed by atoms with Crippen LogP contribution in [-0.4, -0.2) is 17.9 Å². The molecule has 0 aliphatic heterocycles. The van der Waals surface area contributed by atoms with Crippen molar-refractivity contribution in [1.82, 2.24) is 5.32 Å². The van der Waals surface area contributed by atoms with Gasteiger partial charge < -0.3 is 10.6 Å². The van der Waals surface area contributed by atoms with Crippen LogP contribution >= 0.6 is 0 Å². The van der Waals surface area contributed by atoms with Crippen molar-refractivity contribution in [3.8, 4) is 0 Å². The molecule has 0 bridgehead atoms. The van der Waals surface area contributed by atoms with Gasteiger partial charge in [-0.3, -0.25) is 9.59 Å². The lowest BCUT2D eigenvalue weighted by molar-refractivity contribution is 0.0938. The van der Waals surface area contributed by atoms with E-state index in [0.717, 1.165) is 6.42 Å². The Bertz CT molecular complexity index is 736. The molecule has 2 aromatic carbocycles. The van der Waals surface area contributed by atoms with Gasteiger partial charge in [-0.1, -0.05) is 39.0 Å². The Hall–Kier alpha value is -2.62. The maximum Gasteiger partial charge on any atom is 0.255 e. The molecule has 1 unspecified atom stereocenters. The summed E-state index contributed by atoms with van der Waals surface area (Å²) in [5.41, 5.74) is 2.93. The van der Waals surface area contributed by atoms with Crippen LogP contribution in [-0.2, 0) is 0 Å². The molecule has 0 aliphatic carbocycles. The predicted octanol–water partition coefficient (Wildman–Crippen LogP) is 4.59. The van der Waals surface area contributed by atoms with E-state index in [1.165, 1.54) is 5.56 Å². The second-order valence-electron chi connectivity index (χ2n) is 6.59. The minimum absolute atomic E-state index is 0.116. The van der Waals surface area contributed by atoms with Gasteiger partial charge in [0.2, 0.25) is 0 Å². The zero-order valence-corrected chi connectivity index (χ0v) is 15.3.